The van der Waals surface area contributed by atoms with Crippen molar-refractivity contribution in [3.8, 4) is 0 Å². The maximum absolute atomic E-state index is 7.09. The molecule has 196 valence electrons. The molecule has 0 amide bonds. The summed E-state index contributed by atoms with van der Waals surface area (Å²) in [6.07, 6.45) is 0.751. The van der Waals surface area contributed by atoms with Crippen molar-refractivity contribution >= 4 is 16.6 Å². The van der Waals surface area contributed by atoms with Gasteiger partial charge in [0, 0.05) is 20.8 Å². The Morgan fingerprint density at radius 2 is 1.33 bits per heavy atom. The molecule has 2 aliphatic rings. The molecule has 33 heavy (non-hydrogen) atoms. The molecule has 2 fully saturated rings. The number of fused-ring (bicyclic) bond motifs is 1. The van der Waals surface area contributed by atoms with Crippen LogP contribution in [0.2, 0.25) is 36.3 Å². The third-order valence-electron chi connectivity index (χ3n) is 8.34. The smallest absolute Gasteiger partial charge is 0.192 e. The Labute approximate surface area is 205 Å². The van der Waals surface area contributed by atoms with Crippen LogP contribution >= 0.6 is 0 Å². The number of methoxy groups -OCH3 is 2. The van der Waals surface area contributed by atoms with E-state index in [1.54, 1.807) is 14.2 Å². The van der Waals surface area contributed by atoms with Crippen LogP contribution in [-0.2, 0) is 27.8 Å². The van der Waals surface area contributed by atoms with Gasteiger partial charge in [0.25, 0.3) is 0 Å². The SMILES string of the molecule is COCO[C@H]1[C@H](O[Si](C)(C)C(C)(C)C)[C@@H](CO[Si](C)(C)C(C)(C)C)N2CC[C@@H](OCOC)[C@@H]12. The van der Waals surface area contributed by atoms with E-state index in [1.165, 1.54) is 0 Å². The maximum atomic E-state index is 7.09. The minimum absolute atomic E-state index is 0.0372. The fraction of sp³-hybridized carbons (Fsp3) is 1.00. The standard InChI is InChI=1S/C24H51NO6Si2/c1-23(2,3)32(9,10)30-15-18-21(31-33(11,12)24(4,5)6)22(29-17-27-8)20-19(28-16-26-7)13-14-25(18)20/h18-22H,13-17H2,1-12H3/t18-,19-,20+,21-,22-/m1/s1. The van der Waals surface area contributed by atoms with E-state index in [0.29, 0.717) is 6.61 Å². The van der Waals surface area contributed by atoms with Crippen molar-refractivity contribution in [1.29, 1.82) is 0 Å². The van der Waals surface area contributed by atoms with Crippen LogP contribution in [0.25, 0.3) is 0 Å². The molecule has 0 unspecified atom stereocenters. The van der Waals surface area contributed by atoms with Gasteiger partial charge >= 0.3 is 0 Å². The van der Waals surface area contributed by atoms with Crippen LogP contribution in [0.4, 0.5) is 0 Å². The zero-order valence-corrected chi connectivity index (χ0v) is 25.3. The largest absolute Gasteiger partial charge is 0.415 e. The van der Waals surface area contributed by atoms with Gasteiger partial charge in [-0.3, -0.25) is 4.90 Å². The minimum atomic E-state index is -2.06. The number of hydrogen-bond acceptors (Lipinski definition) is 7. The van der Waals surface area contributed by atoms with Crippen LogP contribution in [0.3, 0.4) is 0 Å². The number of nitrogens with zero attached hydrogens (tertiary/aromatic N) is 1. The van der Waals surface area contributed by atoms with Gasteiger partial charge in [-0.05, 0) is 42.7 Å². The highest BCUT2D eigenvalue weighted by atomic mass is 28.4. The highest BCUT2D eigenvalue weighted by Crippen LogP contribution is 2.44. The van der Waals surface area contributed by atoms with E-state index in [1.807, 2.05) is 0 Å². The second-order valence-corrected chi connectivity index (χ2v) is 22.2. The Morgan fingerprint density at radius 3 is 1.85 bits per heavy atom. The van der Waals surface area contributed by atoms with Crippen LogP contribution < -0.4 is 0 Å². The topological polar surface area (TPSA) is 58.6 Å². The Bertz CT molecular complexity index is 619. The van der Waals surface area contributed by atoms with Gasteiger partial charge in [-0.25, -0.2) is 0 Å². The van der Waals surface area contributed by atoms with Crippen LogP contribution in [-0.4, -0.2) is 92.9 Å². The summed E-state index contributed by atoms with van der Waals surface area (Å²) >= 11 is 0. The molecule has 2 saturated heterocycles. The molecular weight excluding hydrogens is 454 g/mol. The van der Waals surface area contributed by atoms with E-state index >= 15 is 0 Å². The van der Waals surface area contributed by atoms with Crippen molar-refractivity contribution in [2.75, 3.05) is 41.0 Å². The van der Waals surface area contributed by atoms with Crippen molar-refractivity contribution in [2.45, 2.75) is 115 Å². The molecule has 9 heteroatoms. The van der Waals surface area contributed by atoms with Crippen LogP contribution in [0.1, 0.15) is 48.0 Å². The minimum Gasteiger partial charge on any atom is -0.415 e. The van der Waals surface area contributed by atoms with E-state index in [4.69, 9.17) is 27.8 Å². The summed E-state index contributed by atoms with van der Waals surface area (Å²) in [5, 5.41) is 0.254. The van der Waals surface area contributed by atoms with Crippen molar-refractivity contribution < 1.29 is 27.8 Å². The van der Waals surface area contributed by atoms with Crippen molar-refractivity contribution in [2.24, 2.45) is 0 Å². The number of hydrogen-bond donors (Lipinski definition) is 0. The molecule has 0 aliphatic carbocycles. The first-order valence-electron chi connectivity index (χ1n) is 12.4. The highest BCUT2D eigenvalue weighted by molar-refractivity contribution is 6.74. The van der Waals surface area contributed by atoms with Gasteiger partial charge < -0.3 is 27.8 Å². The quantitative estimate of drug-likeness (QED) is 0.294. The van der Waals surface area contributed by atoms with E-state index in [2.05, 4.69) is 72.6 Å². The first-order chi connectivity index (χ1) is 15.1. The molecule has 0 aromatic carbocycles. The lowest BCUT2D eigenvalue weighted by atomic mass is 10.0. The lowest BCUT2D eigenvalue weighted by Gasteiger charge is -2.43. The van der Waals surface area contributed by atoms with Gasteiger partial charge in [-0.15, -0.1) is 0 Å². The summed E-state index contributed by atoms with van der Waals surface area (Å²) in [6.45, 7) is 25.1. The lowest BCUT2D eigenvalue weighted by molar-refractivity contribution is -0.135. The fourth-order valence-corrected chi connectivity index (χ4v) is 6.59. The number of rotatable bonds is 11. The van der Waals surface area contributed by atoms with E-state index in [-0.39, 0.29) is 54.1 Å². The molecule has 0 spiro atoms. The maximum Gasteiger partial charge on any atom is 0.192 e. The van der Waals surface area contributed by atoms with Gasteiger partial charge in [0.05, 0.1) is 30.9 Å². The summed E-state index contributed by atoms with van der Waals surface area (Å²) in [6, 6.07) is 0.217. The fourth-order valence-electron chi connectivity index (χ4n) is 4.24. The van der Waals surface area contributed by atoms with Gasteiger partial charge in [0.1, 0.15) is 19.7 Å². The normalized spacial score (nSPS) is 29.6. The van der Waals surface area contributed by atoms with Crippen LogP contribution in [0.5, 0.6) is 0 Å². The van der Waals surface area contributed by atoms with E-state index in [0.717, 1.165) is 13.0 Å². The second kappa shape index (κ2) is 11.0. The molecule has 0 bridgehead atoms. The first-order valence-corrected chi connectivity index (χ1v) is 18.2. The van der Waals surface area contributed by atoms with Crippen molar-refractivity contribution in [3.05, 3.63) is 0 Å². The molecule has 2 heterocycles. The van der Waals surface area contributed by atoms with Crippen LogP contribution in [0.15, 0.2) is 0 Å². The molecule has 0 radical (unpaired) electrons. The highest BCUT2D eigenvalue weighted by Gasteiger charge is 2.58. The average molecular weight is 506 g/mol. The molecule has 2 rings (SSSR count). The van der Waals surface area contributed by atoms with Gasteiger partial charge in [-0.1, -0.05) is 41.5 Å². The molecule has 0 N–H and O–H groups in total. The predicted octanol–water partition coefficient (Wildman–Crippen LogP) is 4.83. The molecule has 0 aromatic rings. The zero-order chi connectivity index (χ0) is 25.2. The van der Waals surface area contributed by atoms with E-state index < -0.39 is 16.6 Å². The number of ether oxygens (including phenoxy) is 4. The molecule has 5 atom stereocenters. The Morgan fingerprint density at radius 1 is 0.788 bits per heavy atom. The third kappa shape index (κ3) is 6.68. The lowest BCUT2D eigenvalue weighted by Crippen LogP contribution is -2.53. The van der Waals surface area contributed by atoms with E-state index in [9.17, 15) is 0 Å². The van der Waals surface area contributed by atoms with Crippen molar-refractivity contribution in [1.82, 2.24) is 4.90 Å². The molecule has 7 nitrogen and oxygen atoms in total. The third-order valence-corrected chi connectivity index (χ3v) is 17.3. The van der Waals surface area contributed by atoms with Gasteiger partial charge in [0.15, 0.2) is 16.6 Å². The molecule has 0 saturated carbocycles. The summed E-state index contributed by atoms with van der Waals surface area (Å²) in [4.78, 5) is 2.52. The Balaban J connectivity index is 2.39. The predicted molar refractivity (Wildman–Crippen MR) is 138 cm³/mol. The summed E-state index contributed by atoms with van der Waals surface area (Å²) in [5.41, 5.74) is 0. The monoisotopic (exact) mass is 505 g/mol. The Kier molecular flexibility index (Phi) is 9.84. The molecule has 0 aromatic heterocycles. The zero-order valence-electron chi connectivity index (χ0n) is 23.3. The Hall–Kier alpha value is 0.154. The van der Waals surface area contributed by atoms with Crippen LogP contribution in [0, 0.1) is 0 Å². The van der Waals surface area contributed by atoms with Gasteiger partial charge in [0.2, 0.25) is 0 Å². The average Bonchev–Trinajstić information content (AvgIpc) is 3.19. The first kappa shape index (κ1) is 29.4. The molecular formula is C24H51NO6Si2. The van der Waals surface area contributed by atoms with Gasteiger partial charge in [-0.2, -0.15) is 0 Å². The van der Waals surface area contributed by atoms with Crippen molar-refractivity contribution in [3.63, 3.8) is 0 Å². The second-order valence-electron chi connectivity index (χ2n) is 12.6. The summed E-state index contributed by atoms with van der Waals surface area (Å²) in [5.74, 6) is 0. The summed E-state index contributed by atoms with van der Waals surface area (Å²) < 4.78 is 36.9. The summed E-state index contributed by atoms with van der Waals surface area (Å²) in [7, 11) is -0.636. The molecule has 2 aliphatic heterocycles.